The summed E-state index contributed by atoms with van der Waals surface area (Å²) in [5, 5.41) is 1.79. The van der Waals surface area contributed by atoms with E-state index in [2.05, 4.69) is 0 Å². The Kier molecular flexibility index (Phi) is 8.64. The number of nitrogens with zero attached hydrogens (tertiary/aromatic N) is 1. The molecule has 2 N–H and O–H groups in total. The van der Waals surface area contributed by atoms with Crippen LogP contribution < -0.4 is 10.6 Å². The van der Waals surface area contributed by atoms with Gasteiger partial charge in [-0.05, 0) is 62.0 Å². The maximum absolute atomic E-state index is 15.5. The summed E-state index contributed by atoms with van der Waals surface area (Å²) in [4.78, 5) is 43.5. The van der Waals surface area contributed by atoms with E-state index in [1.54, 1.807) is 31.4 Å². The molecule has 230 valence electrons. The molecular weight excluding hydrogens is 600 g/mol. The van der Waals surface area contributed by atoms with Crippen molar-refractivity contribution >= 4 is 34.7 Å². The van der Waals surface area contributed by atoms with Crippen molar-refractivity contribution in [1.82, 2.24) is 0 Å². The molecule has 0 radical (unpaired) electrons. The van der Waals surface area contributed by atoms with Gasteiger partial charge in [-0.2, -0.15) is 13.2 Å². The van der Waals surface area contributed by atoms with Gasteiger partial charge in [-0.15, -0.1) is 11.3 Å². The van der Waals surface area contributed by atoms with E-state index < -0.39 is 53.0 Å². The Labute approximate surface area is 254 Å². The maximum Gasteiger partial charge on any atom is 0.416 e. The number of alkyl halides is 3. The molecule has 5 rings (SSSR count). The largest absolute Gasteiger partial charge is 0.465 e. The van der Waals surface area contributed by atoms with E-state index in [1.165, 1.54) is 52.6 Å². The van der Waals surface area contributed by atoms with Gasteiger partial charge in [0, 0.05) is 33.3 Å². The molecule has 2 heterocycles. The smallest absolute Gasteiger partial charge is 0.416 e. The third kappa shape index (κ3) is 5.49. The fourth-order valence-corrected chi connectivity index (χ4v) is 6.69. The molecule has 0 saturated carbocycles. The van der Waals surface area contributed by atoms with E-state index >= 15 is 4.39 Å². The first-order valence-corrected chi connectivity index (χ1v) is 14.7. The second-order valence-corrected chi connectivity index (χ2v) is 11.1. The molecule has 12 heteroatoms. The quantitative estimate of drug-likeness (QED) is 0.183. The van der Waals surface area contributed by atoms with E-state index in [1.807, 2.05) is 0 Å². The number of carbonyl (C=O) groups is 3. The zero-order valence-electron chi connectivity index (χ0n) is 23.7. The highest BCUT2D eigenvalue weighted by atomic mass is 32.1. The number of halogens is 4. The Morgan fingerprint density at radius 3 is 2.27 bits per heavy atom. The Balaban J connectivity index is 1.82. The number of thiophene rings is 1. The summed E-state index contributed by atoms with van der Waals surface area (Å²) in [6, 6.07) is 13.2. The van der Waals surface area contributed by atoms with E-state index in [9.17, 15) is 27.6 Å². The summed E-state index contributed by atoms with van der Waals surface area (Å²) >= 11 is 1.32. The minimum Gasteiger partial charge on any atom is -0.465 e. The molecule has 7 nitrogen and oxygen atoms in total. The average molecular weight is 629 g/mol. The van der Waals surface area contributed by atoms with E-state index in [-0.39, 0.29) is 53.5 Å². The first-order chi connectivity index (χ1) is 21.0. The van der Waals surface area contributed by atoms with Gasteiger partial charge in [-0.1, -0.05) is 24.3 Å². The van der Waals surface area contributed by atoms with E-state index in [0.717, 1.165) is 12.1 Å². The van der Waals surface area contributed by atoms with Crippen LogP contribution in [0.5, 0.6) is 0 Å². The molecule has 1 aliphatic heterocycles. The fourth-order valence-electron chi connectivity index (χ4n) is 5.82. The molecule has 0 spiro atoms. The first-order valence-electron chi connectivity index (χ1n) is 13.8. The van der Waals surface area contributed by atoms with Crippen LogP contribution in [-0.4, -0.2) is 30.9 Å². The van der Waals surface area contributed by atoms with Crippen molar-refractivity contribution in [3.63, 3.8) is 0 Å². The number of carbonyl (C=O) groups excluding carboxylic acids is 3. The second kappa shape index (κ2) is 12.3. The average Bonchev–Trinajstić information content (AvgIpc) is 3.52. The van der Waals surface area contributed by atoms with Gasteiger partial charge in [0.1, 0.15) is 17.6 Å². The number of hydrogen-bond donors (Lipinski definition) is 1. The van der Waals surface area contributed by atoms with Crippen molar-refractivity contribution < 1.29 is 41.4 Å². The number of hydrogen-bond acceptors (Lipinski definition) is 8. The number of nitrogens with two attached hydrogens (primary N) is 1. The normalized spacial score (nSPS) is 20.5. The maximum atomic E-state index is 15.5. The molecule has 0 saturated heterocycles. The Hall–Kier alpha value is -4.45. The van der Waals surface area contributed by atoms with Crippen LogP contribution in [0.25, 0.3) is 0 Å². The zero-order chi connectivity index (χ0) is 31.8. The van der Waals surface area contributed by atoms with Crippen molar-refractivity contribution in [3.05, 3.63) is 111 Å². The van der Waals surface area contributed by atoms with Crippen LogP contribution in [0.2, 0.25) is 0 Å². The number of ketones is 1. The van der Waals surface area contributed by atoms with Crippen molar-refractivity contribution in [1.29, 1.82) is 0 Å². The summed E-state index contributed by atoms with van der Waals surface area (Å²) < 4.78 is 66.4. The van der Waals surface area contributed by atoms with Crippen LogP contribution in [-0.2, 0) is 30.0 Å². The molecular formula is C32H28F4N2O5S. The third-order valence-corrected chi connectivity index (χ3v) is 8.66. The minimum absolute atomic E-state index is 0.00102. The molecule has 0 fully saturated rings. The lowest BCUT2D eigenvalue weighted by atomic mass is 9.68. The van der Waals surface area contributed by atoms with Gasteiger partial charge in [0.25, 0.3) is 0 Å². The summed E-state index contributed by atoms with van der Waals surface area (Å²) in [7, 11) is 0. The SMILES string of the molecule is CCOC(=O)C1=C(N)N(c2ccc(C(F)(F)F)cc2)C2=C(C(=O)[C@H](C(=O)OCC)[C@@H](c3cccs3)C2)[C@@H]1c1ccccc1F. The summed E-state index contributed by atoms with van der Waals surface area (Å²) in [6.07, 6.45) is -4.61. The Morgan fingerprint density at radius 1 is 1.00 bits per heavy atom. The van der Waals surface area contributed by atoms with Gasteiger partial charge in [0.05, 0.1) is 30.3 Å². The standard InChI is InChI=1S/C32H28F4N2O5S/c1-3-42-30(40)25-20(23-10-7-15-44-23)16-22-26(28(25)39)24(19-8-5-6-9-21(19)33)27(31(41)43-4-2)29(37)38(22)18-13-11-17(12-14-18)32(34,35)36/h5-15,20,24-25H,3-4,16,37H2,1-2H3/t20-,24+,25-/m1/s1. The molecule has 3 atom stereocenters. The molecule has 1 aromatic heterocycles. The summed E-state index contributed by atoms with van der Waals surface area (Å²) in [5.41, 5.74) is 5.70. The minimum atomic E-state index is -4.61. The predicted molar refractivity (Wildman–Crippen MR) is 155 cm³/mol. The third-order valence-electron chi connectivity index (χ3n) is 7.65. The molecule has 0 bridgehead atoms. The van der Waals surface area contributed by atoms with Crippen LogP contribution >= 0.6 is 11.3 Å². The van der Waals surface area contributed by atoms with Gasteiger partial charge in [-0.25, -0.2) is 9.18 Å². The number of Topliss-reactive ketones (excluding diaryl/α,β-unsaturated/α-hetero) is 1. The highest BCUT2D eigenvalue weighted by Gasteiger charge is 2.52. The molecule has 44 heavy (non-hydrogen) atoms. The molecule has 0 amide bonds. The second-order valence-electron chi connectivity index (χ2n) is 10.1. The lowest BCUT2D eigenvalue weighted by molar-refractivity contribution is -0.152. The van der Waals surface area contributed by atoms with Crippen LogP contribution in [0.4, 0.5) is 23.2 Å². The Morgan fingerprint density at radius 2 is 1.68 bits per heavy atom. The number of ether oxygens (including phenoxy) is 2. The molecule has 1 aliphatic carbocycles. The molecule has 2 aromatic carbocycles. The number of esters is 2. The number of allylic oxidation sites excluding steroid dienone is 2. The van der Waals surface area contributed by atoms with Crippen LogP contribution in [0, 0.1) is 11.7 Å². The monoisotopic (exact) mass is 628 g/mol. The van der Waals surface area contributed by atoms with Crippen molar-refractivity contribution in [3.8, 4) is 0 Å². The summed E-state index contributed by atoms with van der Waals surface area (Å²) in [5.74, 6) is -6.83. The van der Waals surface area contributed by atoms with Crippen molar-refractivity contribution in [2.45, 2.75) is 38.3 Å². The van der Waals surface area contributed by atoms with Gasteiger partial charge in [0.2, 0.25) is 0 Å². The van der Waals surface area contributed by atoms with E-state index in [4.69, 9.17) is 15.2 Å². The topological polar surface area (TPSA) is 98.9 Å². The van der Waals surface area contributed by atoms with Crippen molar-refractivity contribution in [2.24, 2.45) is 11.7 Å². The van der Waals surface area contributed by atoms with Gasteiger partial charge in [0.15, 0.2) is 5.78 Å². The number of benzene rings is 2. The Bertz CT molecular complexity index is 1650. The zero-order valence-corrected chi connectivity index (χ0v) is 24.5. The molecule has 3 aromatic rings. The predicted octanol–water partition coefficient (Wildman–Crippen LogP) is 6.43. The van der Waals surface area contributed by atoms with Crippen LogP contribution in [0.3, 0.4) is 0 Å². The van der Waals surface area contributed by atoms with Crippen LogP contribution in [0.15, 0.2) is 88.7 Å². The fraction of sp³-hybridized carbons (Fsp3) is 0.281. The highest BCUT2D eigenvalue weighted by molar-refractivity contribution is 7.10. The number of anilines is 1. The number of rotatable bonds is 7. The van der Waals surface area contributed by atoms with Gasteiger partial charge in [-0.3, -0.25) is 14.5 Å². The first kappa shape index (κ1) is 31.0. The lowest BCUT2D eigenvalue weighted by Crippen LogP contribution is -2.46. The van der Waals surface area contributed by atoms with Gasteiger partial charge < -0.3 is 15.2 Å². The van der Waals surface area contributed by atoms with Crippen LogP contribution in [0.1, 0.15) is 48.1 Å². The molecule has 2 aliphatic rings. The highest BCUT2D eigenvalue weighted by Crippen LogP contribution is 2.52. The molecule has 0 unspecified atom stereocenters. The summed E-state index contributed by atoms with van der Waals surface area (Å²) in [6.45, 7) is 3.09. The lowest BCUT2D eigenvalue weighted by Gasteiger charge is -2.43. The van der Waals surface area contributed by atoms with Crippen molar-refractivity contribution in [2.75, 3.05) is 18.1 Å². The van der Waals surface area contributed by atoms with E-state index in [0.29, 0.717) is 4.88 Å². The van der Waals surface area contributed by atoms with Gasteiger partial charge >= 0.3 is 18.1 Å².